The summed E-state index contributed by atoms with van der Waals surface area (Å²) in [6, 6.07) is 6.19. The lowest BCUT2D eigenvalue weighted by molar-refractivity contribution is -0.136. The highest BCUT2D eigenvalue weighted by molar-refractivity contribution is 6.11. The number of urea groups is 1. The second-order valence-corrected chi connectivity index (χ2v) is 7.04. The molecule has 1 saturated carbocycles. The molecule has 1 aromatic carbocycles. The fraction of sp³-hybridized carbons (Fsp3) is 0.526. The van der Waals surface area contributed by atoms with E-state index in [1.807, 2.05) is 25.1 Å². The lowest BCUT2D eigenvalue weighted by Gasteiger charge is -2.23. The molecule has 8 heteroatoms. The molecule has 3 N–H and O–H groups in total. The summed E-state index contributed by atoms with van der Waals surface area (Å²) in [5.74, 6) is -0.646. The summed E-state index contributed by atoms with van der Waals surface area (Å²) >= 11 is 0. The molecule has 1 heterocycles. The molecule has 1 atom stereocenters. The molecular weight excluding hydrogens is 368 g/mol. The Bertz CT molecular complexity index is 719. The van der Waals surface area contributed by atoms with E-state index in [0.29, 0.717) is 25.1 Å². The molecule has 1 aromatic rings. The van der Waals surface area contributed by atoms with Gasteiger partial charge in [0.15, 0.2) is 0 Å². The van der Waals surface area contributed by atoms with Crippen molar-refractivity contribution in [3.8, 4) is 0 Å². The highest BCUT2D eigenvalue weighted by Gasteiger charge is 2.54. The highest BCUT2D eigenvalue weighted by Crippen LogP contribution is 2.35. The van der Waals surface area contributed by atoms with Crippen molar-refractivity contribution in [2.75, 3.05) is 11.9 Å². The first-order valence-electron chi connectivity index (χ1n) is 9.23. The van der Waals surface area contributed by atoms with Crippen molar-refractivity contribution in [3.05, 3.63) is 29.8 Å². The Morgan fingerprint density at radius 2 is 2.00 bits per heavy atom. The fourth-order valence-electron chi connectivity index (χ4n) is 3.70. The Morgan fingerprint density at radius 1 is 1.30 bits per heavy atom. The molecule has 1 unspecified atom stereocenters. The average Bonchev–Trinajstić information content (AvgIpc) is 3.18. The van der Waals surface area contributed by atoms with Gasteiger partial charge in [-0.25, -0.2) is 9.69 Å². The fourth-order valence-corrected chi connectivity index (χ4v) is 3.70. The van der Waals surface area contributed by atoms with E-state index in [9.17, 15) is 14.4 Å². The topological polar surface area (TPSA) is 90.5 Å². The van der Waals surface area contributed by atoms with Crippen molar-refractivity contribution >= 4 is 35.9 Å². The van der Waals surface area contributed by atoms with Crippen LogP contribution in [0.5, 0.6) is 0 Å². The Kier molecular flexibility index (Phi) is 6.84. The molecule has 3 rings (SSSR count). The van der Waals surface area contributed by atoms with Crippen molar-refractivity contribution in [1.29, 1.82) is 0 Å². The van der Waals surface area contributed by atoms with Crippen molar-refractivity contribution in [1.82, 2.24) is 15.5 Å². The summed E-state index contributed by atoms with van der Waals surface area (Å²) in [6.45, 7) is 5.19. The van der Waals surface area contributed by atoms with E-state index < -0.39 is 17.6 Å². The molecule has 2 fully saturated rings. The van der Waals surface area contributed by atoms with E-state index in [0.717, 1.165) is 29.8 Å². The lowest BCUT2D eigenvalue weighted by Crippen LogP contribution is -2.48. The number of amides is 4. The third-order valence-electron chi connectivity index (χ3n) is 5.19. The molecule has 1 saturated heterocycles. The van der Waals surface area contributed by atoms with Gasteiger partial charge in [0, 0.05) is 12.2 Å². The standard InChI is InChI=1S/C19H26N4O3.ClH/c1-3-20-12-14-7-6-8-15(11-14)21-16(24)13(2)23-17(25)19(22-18(23)26)9-4-5-10-19;/h6-8,11,13,20H,3-5,9-10,12H2,1-2H3,(H,21,24)(H,22,26);1H. The van der Waals surface area contributed by atoms with Crippen LogP contribution in [0.3, 0.4) is 0 Å². The monoisotopic (exact) mass is 394 g/mol. The zero-order chi connectivity index (χ0) is 18.7. The van der Waals surface area contributed by atoms with Gasteiger partial charge in [-0.3, -0.25) is 9.59 Å². The average molecular weight is 395 g/mol. The van der Waals surface area contributed by atoms with E-state index in [4.69, 9.17) is 0 Å². The number of rotatable bonds is 6. The molecule has 1 spiro atoms. The van der Waals surface area contributed by atoms with Gasteiger partial charge in [-0.05, 0) is 44.0 Å². The predicted octanol–water partition coefficient (Wildman–Crippen LogP) is 2.41. The third-order valence-corrected chi connectivity index (χ3v) is 5.19. The van der Waals surface area contributed by atoms with Crippen LogP contribution in [0.1, 0.15) is 45.1 Å². The summed E-state index contributed by atoms with van der Waals surface area (Å²) in [6.07, 6.45) is 3.13. The summed E-state index contributed by atoms with van der Waals surface area (Å²) < 4.78 is 0. The van der Waals surface area contributed by atoms with E-state index in [2.05, 4.69) is 16.0 Å². The van der Waals surface area contributed by atoms with Crippen molar-refractivity contribution in [2.24, 2.45) is 0 Å². The SMILES string of the molecule is CCNCc1cccc(NC(=O)C(C)N2C(=O)NC3(CCCC3)C2=O)c1.Cl. The first-order valence-corrected chi connectivity index (χ1v) is 9.23. The first-order chi connectivity index (χ1) is 12.5. The maximum Gasteiger partial charge on any atom is 0.325 e. The molecule has 1 aliphatic heterocycles. The molecule has 2 aliphatic rings. The number of nitrogens with zero attached hydrogens (tertiary/aromatic N) is 1. The summed E-state index contributed by atoms with van der Waals surface area (Å²) in [5, 5.41) is 8.86. The first kappa shape index (κ1) is 21.2. The van der Waals surface area contributed by atoms with Crippen molar-refractivity contribution in [3.63, 3.8) is 0 Å². The minimum atomic E-state index is -0.861. The quantitative estimate of drug-likeness (QED) is 0.646. The molecule has 148 valence electrons. The smallest absolute Gasteiger partial charge is 0.324 e. The summed E-state index contributed by atoms with van der Waals surface area (Å²) in [5.41, 5.74) is 0.911. The van der Waals surface area contributed by atoms with E-state index in [-0.39, 0.29) is 24.2 Å². The molecule has 0 aromatic heterocycles. The maximum absolute atomic E-state index is 12.8. The van der Waals surface area contributed by atoms with Gasteiger partial charge in [0.05, 0.1) is 0 Å². The van der Waals surface area contributed by atoms with Crippen LogP contribution in [-0.2, 0) is 16.1 Å². The van der Waals surface area contributed by atoms with Gasteiger partial charge in [-0.2, -0.15) is 0 Å². The van der Waals surface area contributed by atoms with Gasteiger partial charge in [0.1, 0.15) is 11.6 Å². The van der Waals surface area contributed by atoms with Gasteiger partial charge in [0.2, 0.25) is 5.91 Å². The maximum atomic E-state index is 12.8. The second-order valence-electron chi connectivity index (χ2n) is 7.04. The normalized spacial score (nSPS) is 19.0. The molecule has 27 heavy (non-hydrogen) atoms. The Hall–Kier alpha value is -2.12. The van der Waals surface area contributed by atoms with E-state index >= 15 is 0 Å². The van der Waals surface area contributed by atoms with Gasteiger partial charge in [-0.15, -0.1) is 12.4 Å². The number of hydrogen-bond donors (Lipinski definition) is 3. The number of anilines is 1. The van der Waals surface area contributed by atoms with Crippen LogP contribution in [-0.4, -0.2) is 40.9 Å². The van der Waals surface area contributed by atoms with Crippen LogP contribution in [0.15, 0.2) is 24.3 Å². The Labute approximate surface area is 165 Å². The lowest BCUT2D eigenvalue weighted by atomic mass is 9.97. The number of carbonyl (C=O) groups is 3. The van der Waals surface area contributed by atoms with Crippen LogP contribution >= 0.6 is 12.4 Å². The molecule has 0 bridgehead atoms. The Morgan fingerprint density at radius 3 is 2.67 bits per heavy atom. The highest BCUT2D eigenvalue weighted by atomic mass is 35.5. The zero-order valence-electron chi connectivity index (χ0n) is 15.7. The van der Waals surface area contributed by atoms with Gasteiger partial charge < -0.3 is 16.0 Å². The molecule has 0 radical (unpaired) electrons. The number of hydrogen-bond acceptors (Lipinski definition) is 4. The van der Waals surface area contributed by atoms with E-state index in [1.165, 1.54) is 0 Å². The van der Waals surface area contributed by atoms with Gasteiger partial charge in [-0.1, -0.05) is 31.9 Å². The van der Waals surface area contributed by atoms with Crippen molar-refractivity contribution < 1.29 is 14.4 Å². The minimum absolute atomic E-state index is 0. The number of imide groups is 1. The third kappa shape index (κ3) is 4.25. The predicted molar refractivity (Wildman–Crippen MR) is 106 cm³/mol. The molecule has 1 aliphatic carbocycles. The van der Waals surface area contributed by atoms with Crippen molar-refractivity contribution in [2.45, 2.75) is 57.7 Å². The van der Waals surface area contributed by atoms with Crippen LogP contribution in [0.4, 0.5) is 10.5 Å². The molecule has 7 nitrogen and oxygen atoms in total. The van der Waals surface area contributed by atoms with Crippen LogP contribution in [0.2, 0.25) is 0 Å². The molecule has 4 amide bonds. The number of halogens is 1. The second kappa shape index (κ2) is 8.71. The van der Waals surface area contributed by atoms with Gasteiger partial charge in [0.25, 0.3) is 5.91 Å². The van der Waals surface area contributed by atoms with Crippen LogP contribution in [0, 0.1) is 0 Å². The summed E-state index contributed by atoms with van der Waals surface area (Å²) in [4.78, 5) is 38.8. The van der Waals surface area contributed by atoms with Crippen LogP contribution in [0.25, 0.3) is 0 Å². The summed E-state index contributed by atoms with van der Waals surface area (Å²) in [7, 11) is 0. The molecular formula is C19H27ClN4O3. The largest absolute Gasteiger partial charge is 0.325 e. The van der Waals surface area contributed by atoms with Gasteiger partial charge >= 0.3 is 6.03 Å². The minimum Gasteiger partial charge on any atom is -0.324 e. The number of carbonyl (C=O) groups excluding carboxylic acids is 3. The zero-order valence-corrected chi connectivity index (χ0v) is 16.5. The number of nitrogens with one attached hydrogen (secondary N) is 3. The van der Waals surface area contributed by atoms with Crippen LogP contribution < -0.4 is 16.0 Å². The Balaban J connectivity index is 0.00000261. The van der Waals surface area contributed by atoms with E-state index in [1.54, 1.807) is 13.0 Å². The number of benzene rings is 1.